The largest absolute Gasteiger partial charge is 0.340 e. The molecule has 1 N–H and O–H groups in total. The van der Waals surface area contributed by atoms with E-state index in [1.165, 1.54) is 0 Å². The van der Waals surface area contributed by atoms with Crippen LogP contribution in [0.3, 0.4) is 0 Å². The molecule has 0 aliphatic carbocycles. The highest BCUT2D eigenvalue weighted by Crippen LogP contribution is 2.29. The first-order chi connectivity index (χ1) is 9.31. The molecule has 1 atom stereocenters. The van der Waals surface area contributed by atoms with Crippen LogP contribution >= 0.6 is 0 Å². The van der Waals surface area contributed by atoms with Crippen LogP contribution in [0.1, 0.15) is 39.8 Å². The molecule has 1 aliphatic rings. The third-order valence-corrected chi connectivity index (χ3v) is 4.09. The monoisotopic (exact) mass is 275 g/mol. The number of carbonyl (C=O) groups excluding carboxylic acids is 2. The van der Waals surface area contributed by atoms with Crippen molar-refractivity contribution < 1.29 is 9.59 Å². The quantitative estimate of drug-likeness (QED) is 0.909. The standard InChI is InChI=1S/C15H21N3O2/c1-5-15(4)13(20)18(14(2,3)12(19)17-15)10-11-8-6-7-9-16-11/h6-9H,5,10H2,1-4H3,(H,17,19). The summed E-state index contributed by atoms with van der Waals surface area (Å²) in [6.07, 6.45) is 2.25. The van der Waals surface area contributed by atoms with E-state index in [4.69, 9.17) is 0 Å². The summed E-state index contributed by atoms with van der Waals surface area (Å²) < 4.78 is 0. The van der Waals surface area contributed by atoms with Crippen LogP contribution in [0.2, 0.25) is 0 Å². The molecule has 0 radical (unpaired) electrons. The van der Waals surface area contributed by atoms with Crippen LogP contribution in [-0.2, 0) is 16.1 Å². The second-order valence-electron chi connectivity index (χ2n) is 5.91. The summed E-state index contributed by atoms with van der Waals surface area (Å²) in [5, 5.41) is 2.85. The van der Waals surface area contributed by atoms with Crippen molar-refractivity contribution in [3.05, 3.63) is 30.1 Å². The van der Waals surface area contributed by atoms with Crippen LogP contribution in [0.15, 0.2) is 24.4 Å². The molecule has 2 heterocycles. The molecule has 1 aromatic rings. The molecule has 2 rings (SSSR count). The molecule has 20 heavy (non-hydrogen) atoms. The first-order valence-electron chi connectivity index (χ1n) is 6.86. The number of nitrogens with zero attached hydrogens (tertiary/aromatic N) is 2. The van der Waals surface area contributed by atoms with Crippen molar-refractivity contribution in [3.63, 3.8) is 0 Å². The normalized spacial score (nSPS) is 25.5. The molecule has 1 saturated heterocycles. The van der Waals surface area contributed by atoms with Gasteiger partial charge in [0.2, 0.25) is 11.8 Å². The summed E-state index contributed by atoms with van der Waals surface area (Å²) in [6.45, 7) is 7.54. The van der Waals surface area contributed by atoms with Gasteiger partial charge in [-0.2, -0.15) is 0 Å². The number of amides is 2. The highest BCUT2D eigenvalue weighted by molar-refractivity contribution is 6.01. The summed E-state index contributed by atoms with van der Waals surface area (Å²) in [4.78, 5) is 30.9. The van der Waals surface area contributed by atoms with Gasteiger partial charge in [0.1, 0.15) is 11.1 Å². The van der Waals surface area contributed by atoms with E-state index in [0.29, 0.717) is 13.0 Å². The minimum Gasteiger partial charge on any atom is -0.340 e. The van der Waals surface area contributed by atoms with E-state index in [-0.39, 0.29) is 11.8 Å². The van der Waals surface area contributed by atoms with Gasteiger partial charge in [-0.05, 0) is 39.3 Å². The number of pyridine rings is 1. The molecule has 1 aliphatic heterocycles. The molecular formula is C15H21N3O2. The van der Waals surface area contributed by atoms with Crippen LogP contribution in [0.5, 0.6) is 0 Å². The predicted octanol–water partition coefficient (Wildman–Crippen LogP) is 1.49. The Morgan fingerprint density at radius 3 is 2.50 bits per heavy atom. The third kappa shape index (κ3) is 2.28. The van der Waals surface area contributed by atoms with Gasteiger partial charge >= 0.3 is 0 Å². The van der Waals surface area contributed by atoms with Crippen LogP contribution in [0, 0.1) is 0 Å². The van der Waals surface area contributed by atoms with Crippen molar-refractivity contribution in [2.45, 2.75) is 51.7 Å². The third-order valence-electron chi connectivity index (χ3n) is 4.09. The minimum atomic E-state index is -0.872. The molecule has 1 fully saturated rings. The lowest BCUT2D eigenvalue weighted by Crippen LogP contribution is -2.72. The Balaban J connectivity index is 2.36. The smallest absolute Gasteiger partial charge is 0.249 e. The lowest BCUT2D eigenvalue weighted by molar-refractivity contribution is -0.161. The maximum atomic E-state index is 12.7. The van der Waals surface area contributed by atoms with Crippen molar-refractivity contribution in [1.82, 2.24) is 15.2 Å². The van der Waals surface area contributed by atoms with Crippen LogP contribution in [0.25, 0.3) is 0 Å². The fourth-order valence-corrected chi connectivity index (χ4v) is 2.29. The summed E-state index contributed by atoms with van der Waals surface area (Å²) in [5.74, 6) is -0.187. The maximum Gasteiger partial charge on any atom is 0.249 e. The molecule has 0 saturated carbocycles. The van der Waals surface area contributed by atoms with Gasteiger partial charge in [0.15, 0.2) is 0 Å². The second-order valence-corrected chi connectivity index (χ2v) is 5.91. The van der Waals surface area contributed by atoms with Crippen LogP contribution in [0.4, 0.5) is 0 Å². The molecule has 5 nitrogen and oxygen atoms in total. The predicted molar refractivity (Wildman–Crippen MR) is 75.7 cm³/mol. The Kier molecular flexibility index (Phi) is 3.54. The molecule has 0 bridgehead atoms. The lowest BCUT2D eigenvalue weighted by atomic mass is 9.86. The first-order valence-corrected chi connectivity index (χ1v) is 6.86. The van der Waals surface area contributed by atoms with Crippen LogP contribution < -0.4 is 5.32 Å². The number of hydrogen-bond acceptors (Lipinski definition) is 3. The van der Waals surface area contributed by atoms with E-state index in [1.807, 2.05) is 25.1 Å². The van der Waals surface area contributed by atoms with Gasteiger partial charge in [0.25, 0.3) is 0 Å². The molecule has 2 amide bonds. The van der Waals surface area contributed by atoms with Crippen molar-refractivity contribution in [1.29, 1.82) is 0 Å². The fourth-order valence-electron chi connectivity index (χ4n) is 2.29. The van der Waals surface area contributed by atoms with E-state index in [0.717, 1.165) is 5.69 Å². The fraction of sp³-hybridized carbons (Fsp3) is 0.533. The molecular weight excluding hydrogens is 254 g/mol. The Labute approximate surface area is 119 Å². The number of piperazine rings is 1. The van der Waals surface area contributed by atoms with E-state index < -0.39 is 11.1 Å². The number of nitrogens with one attached hydrogen (secondary N) is 1. The molecule has 108 valence electrons. The lowest BCUT2D eigenvalue weighted by Gasteiger charge is -2.48. The van der Waals surface area contributed by atoms with Crippen molar-refractivity contribution in [3.8, 4) is 0 Å². The SMILES string of the molecule is CCC1(C)NC(=O)C(C)(C)N(Cc2ccccn2)C1=O. The maximum absolute atomic E-state index is 12.7. The van der Waals surface area contributed by atoms with E-state index >= 15 is 0 Å². The average molecular weight is 275 g/mol. The Bertz CT molecular complexity index is 527. The minimum absolute atomic E-state index is 0.0600. The summed E-state index contributed by atoms with van der Waals surface area (Å²) in [6, 6.07) is 5.57. The van der Waals surface area contributed by atoms with Gasteiger partial charge in [-0.25, -0.2) is 0 Å². The molecule has 5 heteroatoms. The van der Waals surface area contributed by atoms with Crippen molar-refractivity contribution in [2.75, 3.05) is 0 Å². The van der Waals surface area contributed by atoms with E-state index in [9.17, 15) is 9.59 Å². The Morgan fingerprint density at radius 2 is 1.95 bits per heavy atom. The second kappa shape index (κ2) is 4.89. The van der Waals surface area contributed by atoms with Gasteiger partial charge in [0.05, 0.1) is 12.2 Å². The van der Waals surface area contributed by atoms with Crippen molar-refractivity contribution in [2.24, 2.45) is 0 Å². The summed E-state index contributed by atoms with van der Waals surface area (Å²) >= 11 is 0. The summed E-state index contributed by atoms with van der Waals surface area (Å²) in [5.41, 5.74) is -0.924. The van der Waals surface area contributed by atoms with Gasteiger partial charge < -0.3 is 10.2 Å². The molecule has 1 unspecified atom stereocenters. The number of aromatic nitrogens is 1. The highest BCUT2D eigenvalue weighted by atomic mass is 16.2. The van der Waals surface area contributed by atoms with E-state index in [1.54, 1.807) is 31.9 Å². The molecule has 0 spiro atoms. The zero-order valence-electron chi connectivity index (χ0n) is 12.4. The van der Waals surface area contributed by atoms with Gasteiger partial charge in [-0.3, -0.25) is 14.6 Å². The Hall–Kier alpha value is -1.91. The first kappa shape index (κ1) is 14.5. The van der Waals surface area contributed by atoms with Crippen molar-refractivity contribution >= 4 is 11.8 Å². The number of carbonyl (C=O) groups is 2. The highest BCUT2D eigenvalue weighted by Gasteiger charge is 2.51. The van der Waals surface area contributed by atoms with E-state index in [2.05, 4.69) is 10.3 Å². The Morgan fingerprint density at radius 1 is 1.25 bits per heavy atom. The number of hydrogen-bond donors (Lipinski definition) is 1. The number of rotatable bonds is 3. The zero-order valence-corrected chi connectivity index (χ0v) is 12.4. The average Bonchev–Trinajstić information content (AvgIpc) is 2.43. The van der Waals surface area contributed by atoms with Crippen LogP contribution in [-0.4, -0.2) is 32.8 Å². The van der Waals surface area contributed by atoms with Gasteiger partial charge in [-0.15, -0.1) is 0 Å². The molecule has 1 aromatic heterocycles. The molecule has 0 aromatic carbocycles. The van der Waals surface area contributed by atoms with Gasteiger partial charge in [-0.1, -0.05) is 13.0 Å². The zero-order chi connectivity index (χ0) is 15.0. The van der Waals surface area contributed by atoms with Gasteiger partial charge in [0, 0.05) is 6.20 Å². The summed E-state index contributed by atoms with van der Waals surface area (Å²) in [7, 11) is 0. The topological polar surface area (TPSA) is 62.3 Å².